The summed E-state index contributed by atoms with van der Waals surface area (Å²) < 4.78 is 26.5. The average Bonchev–Trinajstić information content (AvgIpc) is 2.82. The summed E-state index contributed by atoms with van der Waals surface area (Å²) in [5.74, 6) is -0.0851. The number of amides is 1. The monoisotopic (exact) mass is 300 g/mol. The maximum atomic E-state index is 12.4. The number of carbonyl (C=O) groups excluding carboxylic acids is 1. The molecule has 1 aromatic rings. The minimum Gasteiger partial charge on any atom is -0.334 e. The van der Waals surface area contributed by atoms with Gasteiger partial charge in [0, 0.05) is 32.4 Å². The number of aryl methyl sites for hydroxylation is 1. The number of sulfonamides is 1. The Morgan fingerprint density at radius 1 is 1.50 bits per heavy atom. The van der Waals surface area contributed by atoms with Crippen LogP contribution < -0.4 is 4.72 Å². The van der Waals surface area contributed by atoms with Crippen molar-refractivity contribution < 1.29 is 13.2 Å². The number of aromatic nitrogens is 2. The lowest BCUT2D eigenvalue weighted by molar-refractivity contribution is 0.0618. The van der Waals surface area contributed by atoms with E-state index in [9.17, 15) is 13.2 Å². The number of piperidine rings is 1. The zero-order valence-electron chi connectivity index (χ0n) is 11.7. The molecule has 1 saturated heterocycles. The number of rotatable bonds is 4. The highest BCUT2D eigenvalue weighted by molar-refractivity contribution is 7.88. The molecule has 2 heterocycles. The van der Waals surface area contributed by atoms with Gasteiger partial charge in [0.2, 0.25) is 10.0 Å². The number of nitrogens with one attached hydrogen (secondary N) is 1. The molecule has 7 nitrogen and oxygen atoms in total. The Labute approximate surface area is 119 Å². The van der Waals surface area contributed by atoms with Crippen molar-refractivity contribution >= 4 is 15.9 Å². The summed E-state index contributed by atoms with van der Waals surface area (Å²) in [6.07, 6.45) is 7.11. The fraction of sp³-hybridized carbons (Fsp3) is 0.667. The van der Waals surface area contributed by atoms with Crippen LogP contribution in [0, 0.1) is 0 Å². The minimum atomic E-state index is -3.24. The van der Waals surface area contributed by atoms with Crippen LogP contribution in [0.25, 0.3) is 0 Å². The first-order valence-corrected chi connectivity index (χ1v) is 8.50. The van der Waals surface area contributed by atoms with Gasteiger partial charge in [-0.15, -0.1) is 0 Å². The quantitative estimate of drug-likeness (QED) is 0.846. The van der Waals surface area contributed by atoms with E-state index < -0.39 is 10.0 Å². The second-order valence-electron chi connectivity index (χ2n) is 5.17. The van der Waals surface area contributed by atoms with Gasteiger partial charge in [-0.3, -0.25) is 9.48 Å². The number of nitrogens with zero attached hydrogens (tertiary/aromatic N) is 3. The second kappa shape index (κ2) is 5.92. The lowest BCUT2D eigenvalue weighted by Gasteiger charge is -2.35. The second-order valence-corrected chi connectivity index (χ2v) is 7.00. The van der Waals surface area contributed by atoms with Crippen LogP contribution in [-0.4, -0.2) is 54.4 Å². The summed E-state index contributed by atoms with van der Waals surface area (Å²) in [7, 11) is -1.48. The van der Waals surface area contributed by atoms with E-state index in [0.717, 1.165) is 25.5 Å². The van der Waals surface area contributed by atoms with E-state index in [1.807, 2.05) is 0 Å². The molecule has 0 radical (unpaired) electrons. The summed E-state index contributed by atoms with van der Waals surface area (Å²) in [6.45, 7) is 0.925. The Bertz CT molecular complexity index is 581. The van der Waals surface area contributed by atoms with Gasteiger partial charge in [0.05, 0.1) is 18.0 Å². The summed E-state index contributed by atoms with van der Waals surface area (Å²) in [5.41, 5.74) is 0.541. The highest BCUT2D eigenvalue weighted by Gasteiger charge is 2.28. The lowest BCUT2D eigenvalue weighted by Crippen LogP contribution is -2.49. The molecule has 1 aliphatic heterocycles. The normalized spacial score (nSPS) is 20.1. The van der Waals surface area contributed by atoms with Crippen LogP contribution in [0.5, 0.6) is 0 Å². The fourth-order valence-electron chi connectivity index (χ4n) is 2.43. The summed E-state index contributed by atoms with van der Waals surface area (Å²) in [4.78, 5) is 14.2. The van der Waals surface area contributed by atoms with Crippen molar-refractivity contribution in [2.24, 2.45) is 7.05 Å². The molecule has 1 aliphatic rings. The molecule has 8 heteroatoms. The van der Waals surface area contributed by atoms with Crippen molar-refractivity contribution in [3.8, 4) is 0 Å². The van der Waals surface area contributed by atoms with Gasteiger partial charge in [0.25, 0.3) is 5.91 Å². The maximum Gasteiger partial charge on any atom is 0.257 e. The Balaban J connectivity index is 2.08. The Morgan fingerprint density at radius 3 is 2.85 bits per heavy atom. The third-order valence-corrected chi connectivity index (χ3v) is 4.11. The SMILES string of the molecule is Cn1cc(C(=O)N2CCCCC2CNS(C)(=O)=O)cn1. The van der Waals surface area contributed by atoms with Crippen molar-refractivity contribution in [2.75, 3.05) is 19.3 Å². The molecule has 2 rings (SSSR count). The molecule has 1 unspecified atom stereocenters. The number of carbonyl (C=O) groups is 1. The van der Waals surface area contributed by atoms with E-state index in [-0.39, 0.29) is 18.5 Å². The van der Waals surface area contributed by atoms with Crippen LogP contribution in [-0.2, 0) is 17.1 Å². The molecule has 1 amide bonds. The molecule has 0 spiro atoms. The molecule has 0 bridgehead atoms. The molecule has 20 heavy (non-hydrogen) atoms. The van der Waals surface area contributed by atoms with Crippen LogP contribution in [0.4, 0.5) is 0 Å². The Hall–Kier alpha value is -1.41. The number of likely N-dealkylation sites (tertiary alicyclic amines) is 1. The van der Waals surface area contributed by atoms with Crippen LogP contribution in [0.1, 0.15) is 29.6 Å². The average molecular weight is 300 g/mol. The predicted octanol–water partition coefficient (Wildman–Crippen LogP) is -0.0360. The first-order chi connectivity index (χ1) is 9.37. The molecule has 1 N–H and O–H groups in total. The largest absolute Gasteiger partial charge is 0.334 e. The van der Waals surface area contributed by atoms with Gasteiger partial charge in [-0.1, -0.05) is 0 Å². The standard InChI is InChI=1S/C12H20N4O3S/c1-15-9-10(7-13-15)12(17)16-6-4-3-5-11(16)8-14-20(2,18)19/h7,9,11,14H,3-6,8H2,1-2H3. The molecule has 1 aromatic heterocycles. The molecule has 1 fully saturated rings. The van der Waals surface area contributed by atoms with Crippen molar-refractivity contribution in [1.29, 1.82) is 0 Å². The smallest absolute Gasteiger partial charge is 0.257 e. The van der Waals surface area contributed by atoms with E-state index in [1.54, 1.807) is 22.8 Å². The minimum absolute atomic E-state index is 0.0851. The van der Waals surface area contributed by atoms with Crippen molar-refractivity contribution in [1.82, 2.24) is 19.4 Å². The van der Waals surface area contributed by atoms with E-state index in [4.69, 9.17) is 0 Å². The third-order valence-electron chi connectivity index (χ3n) is 3.42. The topological polar surface area (TPSA) is 84.3 Å². The van der Waals surface area contributed by atoms with E-state index in [2.05, 4.69) is 9.82 Å². The van der Waals surface area contributed by atoms with Crippen LogP contribution in [0.3, 0.4) is 0 Å². The molecule has 0 aromatic carbocycles. The fourth-order valence-corrected chi connectivity index (χ4v) is 2.92. The van der Waals surface area contributed by atoms with Gasteiger partial charge < -0.3 is 4.90 Å². The summed E-state index contributed by atoms with van der Waals surface area (Å²) in [6, 6.07) is -0.0915. The van der Waals surface area contributed by atoms with Crippen LogP contribution in [0.2, 0.25) is 0 Å². The highest BCUT2D eigenvalue weighted by Crippen LogP contribution is 2.19. The van der Waals surface area contributed by atoms with Gasteiger partial charge >= 0.3 is 0 Å². The van der Waals surface area contributed by atoms with Crippen LogP contribution >= 0.6 is 0 Å². The van der Waals surface area contributed by atoms with Crippen molar-refractivity contribution in [3.63, 3.8) is 0 Å². The van der Waals surface area contributed by atoms with Crippen molar-refractivity contribution in [3.05, 3.63) is 18.0 Å². The lowest BCUT2D eigenvalue weighted by atomic mass is 10.0. The first-order valence-electron chi connectivity index (χ1n) is 6.61. The van der Waals surface area contributed by atoms with Crippen LogP contribution in [0.15, 0.2) is 12.4 Å². The van der Waals surface area contributed by atoms with E-state index in [0.29, 0.717) is 12.1 Å². The first kappa shape index (κ1) is 15.0. The molecular formula is C12H20N4O3S. The predicted molar refractivity (Wildman–Crippen MR) is 74.7 cm³/mol. The maximum absolute atomic E-state index is 12.4. The highest BCUT2D eigenvalue weighted by atomic mass is 32.2. The van der Waals surface area contributed by atoms with Gasteiger partial charge in [-0.2, -0.15) is 5.10 Å². The molecule has 0 saturated carbocycles. The molecule has 0 aliphatic carbocycles. The van der Waals surface area contributed by atoms with Gasteiger partial charge in [-0.25, -0.2) is 13.1 Å². The number of hydrogen-bond acceptors (Lipinski definition) is 4. The summed E-state index contributed by atoms with van der Waals surface area (Å²) >= 11 is 0. The zero-order chi connectivity index (χ0) is 14.8. The van der Waals surface area contributed by atoms with Gasteiger partial charge in [0.15, 0.2) is 0 Å². The molecular weight excluding hydrogens is 280 g/mol. The van der Waals surface area contributed by atoms with Crippen molar-refractivity contribution in [2.45, 2.75) is 25.3 Å². The summed E-state index contributed by atoms with van der Waals surface area (Å²) in [5, 5.41) is 4.00. The van der Waals surface area contributed by atoms with Gasteiger partial charge in [-0.05, 0) is 19.3 Å². The van der Waals surface area contributed by atoms with E-state index in [1.165, 1.54) is 6.20 Å². The molecule has 1 atom stereocenters. The third kappa shape index (κ3) is 3.80. The van der Waals surface area contributed by atoms with Gasteiger partial charge in [0.1, 0.15) is 0 Å². The number of hydrogen-bond donors (Lipinski definition) is 1. The Kier molecular flexibility index (Phi) is 4.44. The van der Waals surface area contributed by atoms with E-state index >= 15 is 0 Å². The Morgan fingerprint density at radius 2 is 2.25 bits per heavy atom. The zero-order valence-corrected chi connectivity index (χ0v) is 12.6. The molecule has 112 valence electrons.